The Labute approximate surface area is 135 Å². The monoisotopic (exact) mass is 432 g/mol. The maximum atomic E-state index is 5.85. The van der Waals surface area contributed by atoms with Crippen LogP contribution >= 0.6 is 38.5 Å². The number of benzene rings is 2. The highest BCUT2D eigenvalue weighted by Crippen LogP contribution is 2.29. The van der Waals surface area contributed by atoms with Crippen molar-refractivity contribution in [1.29, 1.82) is 0 Å². The number of halogens is 2. The second-order valence-electron chi connectivity index (χ2n) is 4.03. The zero-order chi connectivity index (χ0) is 13.7. The molecule has 2 rings (SSSR count). The summed E-state index contributed by atoms with van der Waals surface area (Å²) in [6.07, 6.45) is 0. The van der Waals surface area contributed by atoms with Crippen LogP contribution in [0.3, 0.4) is 0 Å². The average Bonchev–Trinajstić information content (AvgIpc) is 2.46. The van der Waals surface area contributed by atoms with E-state index in [1.54, 1.807) is 7.11 Å². The normalized spacial score (nSPS) is 10.3. The summed E-state index contributed by atoms with van der Waals surface area (Å²) >= 11 is 5.74. The smallest absolute Gasteiger partial charge is 0.161 e. The van der Waals surface area contributed by atoms with E-state index >= 15 is 0 Å². The predicted molar refractivity (Wildman–Crippen MR) is 89.1 cm³/mol. The molecule has 0 saturated heterocycles. The molecule has 0 radical (unpaired) electrons. The van der Waals surface area contributed by atoms with Crippen molar-refractivity contribution >= 4 is 38.5 Å². The minimum Gasteiger partial charge on any atom is -0.493 e. The molecule has 0 N–H and O–H groups in total. The van der Waals surface area contributed by atoms with Crippen LogP contribution in [0.2, 0.25) is 0 Å². The van der Waals surface area contributed by atoms with Gasteiger partial charge in [-0.15, -0.1) is 0 Å². The van der Waals surface area contributed by atoms with Gasteiger partial charge in [0.1, 0.15) is 6.61 Å². The highest BCUT2D eigenvalue weighted by molar-refractivity contribution is 14.1. The van der Waals surface area contributed by atoms with Crippen molar-refractivity contribution in [3.05, 3.63) is 57.2 Å². The average molecular weight is 433 g/mol. The summed E-state index contributed by atoms with van der Waals surface area (Å²) in [5, 5.41) is 0.802. The molecule has 2 aromatic rings. The SMILES string of the molecule is COc1ccc(CBr)cc1OCc1ccc(I)cc1. The van der Waals surface area contributed by atoms with Gasteiger partial charge in [0.2, 0.25) is 0 Å². The van der Waals surface area contributed by atoms with E-state index in [1.165, 1.54) is 9.13 Å². The van der Waals surface area contributed by atoms with Crippen LogP contribution in [0.1, 0.15) is 11.1 Å². The van der Waals surface area contributed by atoms with Gasteiger partial charge >= 0.3 is 0 Å². The lowest BCUT2D eigenvalue weighted by atomic mass is 10.2. The lowest BCUT2D eigenvalue weighted by Crippen LogP contribution is -1.98. The van der Waals surface area contributed by atoms with E-state index in [0.717, 1.165) is 22.4 Å². The third kappa shape index (κ3) is 4.11. The molecule has 2 nitrogen and oxygen atoms in total. The molecule has 19 heavy (non-hydrogen) atoms. The molecule has 100 valence electrons. The number of alkyl halides is 1. The van der Waals surface area contributed by atoms with E-state index in [0.29, 0.717) is 6.61 Å². The topological polar surface area (TPSA) is 18.5 Å². The minimum atomic E-state index is 0.541. The Hall–Kier alpha value is -0.750. The lowest BCUT2D eigenvalue weighted by Gasteiger charge is -2.12. The van der Waals surface area contributed by atoms with Gasteiger partial charge in [0.05, 0.1) is 7.11 Å². The molecule has 0 aliphatic carbocycles. The minimum absolute atomic E-state index is 0.541. The zero-order valence-electron chi connectivity index (χ0n) is 10.5. The first-order valence-corrected chi connectivity index (χ1v) is 8.03. The lowest BCUT2D eigenvalue weighted by molar-refractivity contribution is 0.284. The van der Waals surface area contributed by atoms with Gasteiger partial charge in [-0.3, -0.25) is 0 Å². The van der Waals surface area contributed by atoms with Crippen LogP contribution in [0.25, 0.3) is 0 Å². The summed E-state index contributed by atoms with van der Waals surface area (Å²) < 4.78 is 12.4. The van der Waals surface area contributed by atoms with E-state index in [2.05, 4.69) is 62.8 Å². The summed E-state index contributed by atoms with van der Waals surface area (Å²) in [6, 6.07) is 14.2. The maximum absolute atomic E-state index is 5.85. The summed E-state index contributed by atoms with van der Waals surface area (Å²) in [5.74, 6) is 1.54. The number of methoxy groups -OCH3 is 1. The van der Waals surface area contributed by atoms with Crippen molar-refractivity contribution in [3.8, 4) is 11.5 Å². The van der Waals surface area contributed by atoms with Crippen LogP contribution in [-0.2, 0) is 11.9 Å². The van der Waals surface area contributed by atoms with E-state index in [9.17, 15) is 0 Å². The van der Waals surface area contributed by atoms with Crippen molar-refractivity contribution in [1.82, 2.24) is 0 Å². The molecular weight excluding hydrogens is 419 g/mol. The summed E-state index contributed by atoms with van der Waals surface area (Å²) in [6.45, 7) is 0.541. The molecule has 0 heterocycles. The van der Waals surface area contributed by atoms with Crippen molar-refractivity contribution in [3.63, 3.8) is 0 Å². The van der Waals surface area contributed by atoms with Gasteiger partial charge in [-0.25, -0.2) is 0 Å². The predicted octanol–water partition coefficient (Wildman–Crippen LogP) is 4.77. The van der Waals surface area contributed by atoms with Crippen LogP contribution in [0, 0.1) is 3.57 Å². The van der Waals surface area contributed by atoms with Gasteiger partial charge in [0.15, 0.2) is 11.5 Å². The van der Waals surface area contributed by atoms with Gasteiger partial charge in [-0.1, -0.05) is 34.1 Å². The largest absolute Gasteiger partial charge is 0.493 e. The molecule has 0 atom stereocenters. The molecule has 2 aromatic carbocycles. The molecule has 0 amide bonds. The molecule has 0 aliphatic rings. The van der Waals surface area contributed by atoms with E-state index in [-0.39, 0.29) is 0 Å². The van der Waals surface area contributed by atoms with Crippen LogP contribution in [-0.4, -0.2) is 7.11 Å². The summed E-state index contributed by atoms with van der Waals surface area (Å²) in [5.41, 5.74) is 2.31. The van der Waals surface area contributed by atoms with Gasteiger partial charge in [-0.2, -0.15) is 0 Å². The fraction of sp³-hybridized carbons (Fsp3) is 0.200. The Morgan fingerprint density at radius 2 is 1.68 bits per heavy atom. The Balaban J connectivity index is 2.11. The second-order valence-corrected chi connectivity index (χ2v) is 5.84. The molecule has 0 bridgehead atoms. The van der Waals surface area contributed by atoms with Crippen LogP contribution in [0.4, 0.5) is 0 Å². The van der Waals surface area contributed by atoms with Crippen LogP contribution in [0.5, 0.6) is 11.5 Å². The van der Waals surface area contributed by atoms with E-state index < -0.39 is 0 Å². The van der Waals surface area contributed by atoms with Crippen LogP contribution in [0.15, 0.2) is 42.5 Å². The highest BCUT2D eigenvalue weighted by atomic mass is 127. The highest BCUT2D eigenvalue weighted by Gasteiger charge is 2.06. The maximum Gasteiger partial charge on any atom is 0.161 e. The Morgan fingerprint density at radius 3 is 2.32 bits per heavy atom. The molecule has 4 heteroatoms. The second kappa shape index (κ2) is 7.14. The van der Waals surface area contributed by atoms with Crippen molar-refractivity contribution < 1.29 is 9.47 Å². The molecule has 0 fully saturated rings. The van der Waals surface area contributed by atoms with Gasteiger partial charge in [-0.05, 0) is 58.0 Å². The number of rotatable bonds is 5. The number of hydrogen-bond donors (Lipinski definition) is 0. The van der Waals surface area contributed by atoms with Crippen LogP contribution < -0.4 is 9.47 Å². The zero-order valence-corrected chi connectivity index (χ0v) is 14.3. The van der Waals surface area contributed by atoms with E-state index in [4.69, 9.17) is 9.47 Å². The fourth-order valence-electron chi connectivity index (χ4n) is 1.66. The standard InChI is InChI=1S/C15H14BrIO2/c1-18-14-7-4-12(9-16)8-15(14)19-10-11-2-5-13(17)6-3-11/h2-8H,9-10H2,1H3. The molecular formula is C15H14BrIO2. The molecule has 0 spiro atoms. The van der Waals surface area contributed by atoms with Gasteiger partial charge < -0.3 is 9.47 Å². The molecule has 0 saturated carbocycles. The van der Waals surface area contributed by atoms with Crippen molar-refractivity contribution in [2.45, 2.75) is 11.9 Å². The van der Waals surface area contributed by atoms with Crippen molar-refractivity contribution in [2.75, 3.05) is 7.11 Å². The Morgan fingerprint density at radius 1 is 1.00 bits per heavy atom. The third-order valence-corrected chi connectivity index (χ3v) is 4.06. The van der Waals surface area contributed by atoms with Gasteiger partial charge in [0.25, 0.3) is 0 Å². The van der Waals surface area contributed by atoms with Gasteiger partial charge in [0, 0.05) is 8.90 Å². The summed E-state index contributed by atoms with van der Waals surface area (Å²) in [4.78, 5) is 0. The number of hydrogen-bond acceptors (Lipinski definition) is 2. The third-order valence-electron chi connectivity index (χ3n) is 2.69. The molecule has 0 aliphatic heterocycles. The quantitative estimate of drug-likeness (QED) is 0.500. The van der Waals surface area contributed by atoms with Crippen molar-refractivity contribution in [2.24, 2.45) is 0 Å². The Kier molecular flexibility index (Phi) is 5.51. The molecule has 0 unspecified atom stereocenters. The first-order chi connectivity index (χ1) is 9.22. The Bertz CT molecular complexity index is 540. The fourth-order valence-corrected chi connectivity index (χ4v) is 2.37. The first-order valence-electron chi connectivity index (χ1n) is 5.83. The van der Waals surface area contributed by atoms with E-state index in [1.807, 2.05) is 18.2 Å². The number of ether oxygens (including phenoxy) is 2. The first kappa shape index (κ1) is 14.7. The molecule has 0 aromatic heterocycles. The summed E-state index contributed by atoms with van der Waals surface area (Å²) in [7, 11) is 1.65.